The fourth-order valence-electron chi connectivity index (χ4n) is 5.80. The average Bonchev–Trinajstić information content (AvgIpc) is 3.43. The third-order valence-corrected chi connectivity index (χ3v) is 8.16. The number of hydrogen-bond donors (Lipinski definition) is 1. The summed E-state index contributed by atoms with van der Waals surface area (Å²) in [5.74, 6) is -2.22. The molecule has 1 N–H and O–H groups in total. The maximum absolute atomic E-state index is 16.5. The highest BCUT2D eigenvalue weighted by Crippen LogP contribution is 2.35. The highest BCUT2D eigenvalue weighted by atomic mass is 19.1. The number of nitrogens with one attached hydrogen (secondary N) is 1. The molecular weight excluding hydrogens is 554 g/mol. The van der Waals surface area contributed by atoms with Crippen LogP contribution in [-0.4, -0.2) is 83.2 Å². The van der Waals surface area contributed by atoms with E-state index in [0.717, 1.165) is 56.2 Å². The van der Waals surface area contributed by atoms with E-state index in [4.69, 9.17) is 11.3 Å². The van der Waals surface area contributed by atoms with Crippen LogP contribution in [0.3, 0.4) is 0 Å². The number of fused-ring (bicyclic) bond motifs is 2. The number of anilines is 1. The van der Waals surface area contributed by atoms with Gasteiger partial charge in [0.05, 0.1) is 5.39 Å². The first-order valence-electron chi connectivity index (χ1n) is 14.7. The number of nitrogens with zero attached hydrogens (tertiary/aromatic N) is 7. The number of ether oxygens (including phenoxy) is 1. The Labute approximate surface area is 250 Å². The van der Waals surface area contributed by atoms with Gasteiger partial charge in [0.15, 0.2) is 11.6 Å². The van der Waals surface area contributed by atoms with Gasteiger partial charge in [-0.05, 0) is 63.2 Å². The molecule has 1 atom stereocenters. The summed E-state index contributed by atoms with van der Waals surface area (Å²) >= 11 is 0. The van der Waals surface area contributed by atoms with Crippen LogP contribution in [0.1, 0.15) is 43.2 Å². The molecule has 0 unspecified atom stereocenters. The van der Waals surface area contributed by atoms with Gasteiger partial charge in [-0.3, -0.25) is 14.8 Å². The van der Waals surface area contributed by atoms with Crippen molar-refractivity contribution < 1.29 is 18.3 Å². The lowest BCUT2D eigenvalue weighted by Gasteiger charge is -2.25. The van der Waals surface area contributed by atoms with E-state index in [1.165, 1.54) is 0 Å². The number of aromatic nitrogens is 4. The Morgan fingerprint density at radius 2 is 2.07 bits per heavy atom. The van der Waals surface area contributed by atoms with E-state index in [2.05, 4.69) is 41.6 Å². The highest BCUT2D eigenvalue weighted by Gasteiger charge is 2.26. The lowest BCUT2D eigenvalue weighted by atomic mass is 9.89. The maximum atomic E-state index is 16.5. The lowest BCUT2D eigenvalue weighted by Crippen LogP contribution is -2.36. The first-order chi connectivity index (χ1) is 20.9. The van der Waals surface area contributed by atoms with Crippen LogP contribution < -0.4 is 15.0 Å². The largest absolute Gasteiger partial charge is 0.462 e. The summed E-state index contributed by atoms with van der Waals surface area (Å²) < 4.78 is 35.8. The number of carbonyl (C=O) groups is 1. The summed E-state index contributed by atoms with van der Waals surface area (Å²) in [6, 6.07) is 0.227. The summed E-state index contributed by atoms with van der Waals surface area (Å²) in [5.41, 5.74) is 3.08. The molecule has 0 bridgehead atoms. The van der Waals surface area contributed by atoms with Crippen molar-refractivity contribution in [2.24, 2.45) is 0 Å². The van der Waals surface area contributed by atoms with Gasteiger partial charge in [0, 0.05) is 56.3 Å². The predicted molar refractivity (Wildman–Crippen MR) is 160 cm³/mol. The van der Waals surface area contributed by atoms with Gasteiger partial charge in [-0.15, -0.1) is 0 Å². The van der Waals surface area contributed by atoms with Crippen molar-refractivity contribution >= 4 is 22.6 Å². The van der Waals surface area contributed by atoms with Crippen LogP contribution in [0, 0.1) is 12.4 Å². The minimum absolute atomic E-state index is 0.0309. The van der Waals surface area contributed by atoms with Gasteiger partial charge in [-0.25, -0.2) is 15.4 Å². The molecule has 43 heavy (non-hydrogen) atoms. The molecule has 0 spiro atoms. The molecule has 1 saturated heterocycles. The van der Waals surface area contributed by atoms with Crippen molar-refractivity contribution in [1.82, 2.24) is 30.2 Å². The maximum Gasteiger partial charge on any atom is 0.319 e. The summed E-state index contributed by atoms with van der Waals surface area (Å²) in [4.78, 5) is 37.4. The second-order valence-electron chi connectivity index (χ2n) is 11.0. The normalized spacial score (nSPS) is 16.5. The van der Waals surface area contributed by atoms with Gasteiger partial charge in [0.1, 0.15) is 23.6 Å². The Kier molecular flexibility index (Phi) is 9.72. The molecule has 226 valence electrons. The van der Waals surface area contributed by atoms with E-state index in [9.17, 15) is 9.18 Å². The Morgan fingerprint density at radius 3 is 2.84 bits per heavy atom. The van der Waals surface area contributed by atoms with E-state index in [0.29, 0.717) is 36.3 Å². The Bertz CT molecular complexity index is 1540. The zero-order chi connectivity index (χ0) is 30.3. The predicted octanol–water partition coefficient (Wildman–Crippen LogP) is 4.29. The van der Waals surface area contributed by atoms with Crippen LogP contribution in [-0.2, 0) is 17.6 Å². The molecule has 3 aromatic heterocycles. The zero-order valence-electron chi connectivity index (χ0n) is 24.4. The second kappa shape index (κ2) is 13.8. The Balaban J connectivity index is 1.57. The van der Waals surface area contributed by atoms with Gasteiger partial charge in [-0.1, -0.05) is 6.58 Å². The number of aryl methyl sites for hydroxylation is 1. The summed E-state index contributed by atoms with van der Waals surface area (Å²) in [5, 5.41) is 2.85. The van der Waals surface area contributed by atoms with E-state index in [-0.39, 0.29) is 42.9 Å². The topological polar surface area (TPSA) is 101 Å². The highest BCUT2D eigenvalue weighted by molar-refractivity contribution is 5.92. The number of rotatable bonds is 12. The fraction of sp³-hybridized carbons (Fsp3) is 0.484. The van der Waals surface area contributed by atoms with Gasteiger partial charge in [-0.2, -0.15) is 9.97 Å². The van der Waals surface area contributed by atoms with Crippen molar-refractivity contribution in [3.05, 3.63) is 59.4 Å². The molecular formula is C31H36F2N8O2. The van der Waals surface area contributed by atoms with Crippen LogP contribution >= 0.6 is 0 Å². The molecule has 4 heterocycles. The number of halogens is 2. The van der Waals surface area contributed by atoms with Crippen LogP contribution in [0.2, 0.25) is 0 Å². The van der Waals surface area contributed by atoms with E-state index >= 15 is 4.39 Å². The van der Waals surface area contributed by atoms with Crippen LogP contribution in [0.4, 0.5) is 14.6 Å². The number of hydrogen-bond acceptors (Lipinski definition) is 8. The van der Waals surface area contributed by atoms with Gasteiger partial charge in [0.2, 0.25) is 6.54 Å². The molecule has 5 rings (SSSR count). The fourth-order valence-corrected chi connectivity index (χ4v) is 5.80. The van der Waals surface area contributed by atoms with Crippen LogP contribution in [0.25, 0.3) is 27.0 Å². The standard InChI is InChI=1S/C31H36F2N8O2/c1-20(32)30(42)36-12-15-41(14-7-11-34-2)29-25-18-37-27(24-17-35-16-21-8-4-5-10-23(21)24)26(33)28(25)38-31(39-29)43-19-22-9-6-13-40(22)3/h16-18,22H,1,4-15,19H2,3H3,(H,36,42)/t22-/m0/s1. The number of likely N-dealkylation sites (tertiary alicyclic amines) is 1. The van der Waals surface area contributed by atoms with Gasteiger partial charge in [0.25, 0.3) is 5.91 Å². The zero-order valence-corrected chi connectivity index (χ0v) is 24.4. The van der Waals surface area contributed by atoms with Crippen molar-refractivity contribution in [2.45, 2.75) is 51.0 Å². The van der Waals surface area contributed by atoms with Crippen molar-refractivity contribution in [1.29, 1.82) is 0 Å². The Hall–Kier alpha value is -4.24. The van der Waals surface area contributed by atoms with Crippen molar-refractivity contribution in [3.8, 4) is 17.3 Å². The molecule has 0 radical (unpaired) electrons. The third-order valence-electron chi connectivity index (χ3n) is 8.16. The molecule has 12 heteroatoms. The lowest BCUT2D eigenvalue weighted by molar-refractivity contribution is -0.118. The number of carbonyl (C=O) groups excluding carboxylic acids is 1. The van der Waals surface area contributed by atoms with Gasteiger partial charge < -0.3 is 24.7 Å². The summed E-state index contributed by atoms with van der Waals surface area (Å²) in [6.07, 6.45) is 11.4. The minimum atomic E-state index is -1.09. The molecule has 3 aromatic rings. The van der Waals surface area contributed by atoms with E-state index < -0.39 is 17.6 Å². The average molecular weight is 591 g/mol. The molecule has 0 saturated carbocycles. The molecule has 2 aliphatic rings. The number of amides is 1. The molecule has 10 nitrogen and oxygen atoms in total. The van der Waals surface area contributed by atoms with E-state index in [1.807, 2.05) is 18.1 Å². The summed E-state index contributed by atoms with van der Waals surface area (Å²) in [7, 11) is 2.04. The second-order valence-corrected chi connectivity index (χ2v) is 11.0. The third kappa shape index (κ3) is 6.88. The molecule has 1 aliphatic carbocycles. The Morgan fingerprint density at radius 1 is 1.23 bits per heavy atom. The number of likely N-dealkylation sites (N-methyl/N-ethyl adjacent to an activating group) is 1. The van der Waals surface area contributed by atoms with Gasteiger partial charge >= 0.3 is 6.01 Å². The summed E-state index contributed by atoms with van der Waals surface area (Å²) in [6.45, 7) is 12.5. The van der Waals surface area contributed by atoms with Crippen molar-refractivity contribution in [2.75, 3.05) is 51.3 Å². The number of pyridine rings is 2. The first-order valence-corrected chi connectivity index (χ1v) is 14.7. The minimum Gasteiger partial charge on any atom is -0.462 e. The van der Waals surface area contributed by atoms with E-state index in [1.54, 1.807) is 12.4 Å². The molecule has 1 amide bonds. The monoisotopic (exact) mass is 590 g/mol. The molecule has 0 aromatic carbocycles. The SMILES string of the molecule is [C-]#[N+]CCCN(CCNC(=O)C(=C)F)c1nc(OC[C@@H]2CCCN2C)nc2c(F)c(-c3cncc4c3CCCC4)ncc12. The first kappa shape index (κ1) is 30.2. The van der Waals surface area contributed by atoms with Crippen LogP contribution in [0.15, 0.2) is 31.0 Å². The van der Waals surface area contributed by atoms with Crippen LogP contribution in [0.5, 0.6) is 6.01 Å². The molecule has 1 fully saturated rings. The van der Waals surface area contributed by atoms with Crippen molar-refractivity contribution in [3.63, 3.8) is 0 Å². The quantitative estimate of drug-likeness (QED) is 0.190. The smallest absolute Gasteiger partial charge is 0.319 e. The molecule has 1 aliphatic heterocycles.